The summed E-state index contributed by atoms with van der Waals surface area (Å²) in [7, 11) is 0. The molecule has 154 valence electrons. The average molecular weight is 386 g/mol. The Labute approximate surface area is 169 Å². The number of carbonyl (C=O) groups excluding carboxylic acids is 1. The lowest BCUT2D eigenvalue weighted by atomic mass is 9.78. The van der Waals surface area contributed by atoms with Crippen molar-refractivity contribution in [2.75, 3.05) is 32.8 Å². The smallest absolute Gasteiger partial charge is 0.239 e. The van der Waals surface area contributed by atoms with Crippen molar-refractivity contribution in [3.8, 4) is 0 Å². The number of hydrogen-bond donors (Lipinski definition) is 1. The lowest BCUT2D eigenvalue weighted by molar-refractivity contribution is -0.142. The molecule has 1 unspecified atom stereocenters. The first kappa shape index (κ1) is 19.9. The molecule has 0 bridgehead atoms. The molecule has 2 saturated heterocycles. The molecule has 4 rings (SSSR count). The van der Waals surface area contributed by atoms with Gasteiger partial charge in [0.2, 0.25) is 5.91 Å². The van der Waals surface area contributed by atoms with Crippen LogP contribution < -0.4 is 5.73 Å². The Morgan fingerprint density at radius 2 is 1.82 bits per heavy atom. The van der Waals surface area contributed by atoms with Gasteiger partial charge in [-0.3, -0.25) is 9.69 Å². The Kier molecular flexibility index (Phi) is 6.34. The van der Waals surface area contributed by atoms with Gasteiger partial charge in [0.05, 0.1) is 6.04 Å². The molecule has 1 spiro atoms. The van der Waals surface area contributed by atoms with Crippen molar-refractivity contribution in [3.63, 3.8) is 0 Å². The van der Waals surface area contributed by atoms with E-state index in [0.29, 0.717) is 0 Å². The van der Waals surface area contributed by atoms with Crippen LogP contribution in [0.2, 0.25) is 0 Å². The van der Waals surface area contributed by atoms with Gasteiger partial charge >= 0.3 is 0 Å². The SMILES string of the molecule is NC(C(=O)N1CCN(Cc2ccccc2)C2(CCCCC2)C1)C1CCOCC1. The van der Waals surface area contributed by atoms with E-state index in [0.717, 1.165) is 52.2 Å². The summed E-state index contributed by atoms with van der Waals surface area (Å²) >= 11 is 0. The predicted octanol–water partition coefficient (Wildman–Crippen LogP) is 2.79. The van der Waals surface area contributed by atoms with Gasteiger partial charge in [0.1, 0.15) is 0 Å². The summed E-state index contributed by atoms with van der Waals surface area (Å²) < 4.78 is 5.45. The van der Waals surface area contributed by atoms with Crippen LogP contribution in [0.3, 0.4) is 0 Å². The summed E-state index contributed by atoms with van der Waals surface area (Å²) in [5, 5.41) is 0. The number of rotatable bonds is 4. The molecule has 1 amide bonds. The van der Waals surface area contributed by atoms with Gasteiger partial charge in [0.25, 0.3) is 0 Å². The van der Waals surface area contributed by atoms with Crippen LogP contribution in [0, 0.1) is 5.92 Å². The van der Waals surface area contributed by atoms with Crippen molar-refractivity contribution < 1.29 is 9.53 Å². The number of ether oxygens (including phenoxy) is 1. The first-order valence-electron chi connectivity index (χ1n) is 11.1. The monoisotopic (exact) mass is 385 g/mol. The highest BCUT2D eigenvalue weighted by Gasteiger charge is 2.44. The summed E-state index contributed by atoms with van der Waals surface area (Å²) in [5.74, 6) is 0.433. The third-order valence-electron chi connectivity index (χ3n) is 7.17. The molecule has 5 heteroatoms. The quantitative estimate of drug-likeness (QED) is 0.866. The highest BCUT2D eigenvalue weighted by atomic mass is 16.5. The summed E-state index contributed by atoms with van der Waals surface area (Å²) in [6.45, 7) is 5.04. The Balaban J connectivity index is 1.46. The van der Waals surface area contributed by atoms with Crippen molar-refractivity contribution in [1.29, 1.82) is 0 Å². The zero-order valence-corrected chi connectivity index (χ0v) is 17.0. The van der Waals surface area contributed by atoms with Gasteiger partial charge in [0, 0.05) is 44.9 Å². The summed E-state index contributed by atoms with van der Waals surface area (Å²) in [4.78, 5) is 18.0. The maximum Gasteiger partial charge on any atom is 0.239 e. The number of nitrogens with two attached hydrogens (primary N) is 1. The normalized spacial score (nSPS) is 25.0. The highest BCUT2D eigenvalue weighted by Crippen LogP contribution is 2.38. The molecule has 1 aromatic rings. The molecule has 2 aliphatic heterocycles. The number of carbonyl (C=O) groups is 1. The van der Waals surface area contributed by atoms with Crippen molar-refractivity contribution in [2.45, 2.75) is 63.1 Å². The second kappa shape index (κ2) is 8.93. The topological polar surface area (TPSA) is 58.8 Å². The number of amides is 1. The molecule has 0 radical (unpaired) electrons. The average Bonchev–Trinajstić information content (AvgIpc) is 2.76. The fourth-order valence-corrected chi connectivity index (χ4v) is 5.42. The fourth-order valence-electron chi connectivity index (χ4n) is 5.42. The molecule has 0 aromatic heterocycles. The van der Waals surface area contributed by atoms with E-state index >= 15 is 0 Å². The number of hydrogen-bond acceptors (Lipinski definition) is 4. The van der Waals surface area contributed by atoms with Gasteiger partial charge < -0.3 is 15.4 Å². The Bertz CT molecular complexity index is 639. The molecule has 5 nitrogen and oxygen atoms in total. The van der Waals surface area contributed by atoms with Crippen LogP contribution in [0.4, 0.5) is 0 Å². The van der Waals surface area contributed by atoms with E-state index in [9.17, 15) is 4.79 Å². The third kappa shape index (κ3) is 4.27. The maximum absolute atomic E-state index is 13.2. The Hall–Kier alpha value is -1.43. The van der Waals surface area contributed by atoms with Crippen LogP contribution in [0.15, 0.2) is 30.3 Å². The number of benzene rings is 1. The molecule has 1 aromatic carbocycles. The summed E-state index contributed by atoms with van der Waals surface area (Å²) in [6, 6.07) is 10.4. The minimum atomic E-state index is -0.370. The third-order valence-corrected chi connectivity index (χ3v) is 7.17. The standard InChI is InChI=1S/C23H35N3O2/c24-21(20-9-15-28-16-10-20)22(27)25-13-14-26(17-19-7-3-1-4-8-19)23(18-25)11-5-2-6-12-23/h1,3-4,7-8,20-21H,2,5-6,9-18,24H2. The zero-order valence-electron chi connectivity index (χ0n) is 17.0. The lowest BCUT2D eigenvalue weighted by Gasteiger charge is -2.53. The molecule has 28 heavy (non-hydrogen) atoms. The van der Waals surface area contributed by atoms with Crippen LogP contribution in [0.1, 0.15) is 50.5 Å². The van der Waals surface area contributed by atoms with Crippen LogP contribution in [0.25, 0.3) is 0 Å². The molecular formula is C23H35N3O2. The summed E-state index contributed by atoms with van der Waals surface area (Å²) in [5.41, 5.74) is 7.93. The van der Waals surface area contributed by atoms with Crippen LogP contribution in [-0.2, 0) is 16.1 Å². The van der Waals surface area contributed by atoms with Gasteiger partial charge in [-0.1, -0.05) is 49.6 Å². The lowest BCUT2D eigenvalue weighted by Crippen LogP contribution is -2.65. The molecule has 2 heterocycles. The van der Waals surface area contributed by atoms with E-state index in [1.54, 1.807) is 0 Å². The van der Waals surface area contributed by atoms with E-state index in [1.165, 1.54) is 37.7 Å². The first-order chi connectivity index (χ1) is 13.7. The van der Waals surface area contributed by atoms with Crippen molar-refractivity contribution >= 4 is 5.91 Å². The molecule has 1 aliphatic carbocycles. The minimum Gasteiger partial charge on any atom is -0.381 e. The van der Waals surface area contributed by atoms with Crippen molar-refractivity contribution in [1.82, 2.24) is 9.80 Å². The second-order valence-electron chi connectivity index (χ2n) is 8.93. The van der Waals surface area contributed by atoms with Crippen LogP contribution in [-0.4, -0.2) is 60.1 Å². The number of piperazine rings is 1. The minimum absolute atomic E-state index is 0.122. The van der Waals surface area contributed by atoms with Crippen molar-refractivity contribution in [3.05, 3.63) is 35.9 Å². The molecule has 3 fully saturated rings. The van der Waals surface area contributed by atoms with Gasteiger partial charge in [-0.2, -0.15) is 0 Å². The number of nitrogens with zero attached hydrogens (tertiary/aromatic N) is 2. The fraction of sp³-hybridized carbons (Fsp3) is 0.696. The molecule has 2 N–H and O–H groups in total. The van der Waals surface area contributed by atoms with Gasteiger partial charge in [0.15, 0.2) is 0 Å². The Morgan fingerprint density at radius 3 is 2.54 bits per heavy atom. The van der Waals surface area contributed by atoms with Gasteiger partial charge in [-0.05, 0) is 37.2 Å². The Morgan fingerprint density at radius 1 is 1.11 bits per heavy atom. The van der Waals surface area contributed by atoms with Crippen LogP contribution in [0.5, 0.6) is 0 Å². The van der Waals surface area contributed by atoms with Crippen LogP contribution >= 0.6 is 0 Å². The van der Waals surface area contributed by atoms with Crippen molar-refractivity contribution in [2.24, 2.45) is 11.7 Å². The summed E-state index contributed by atoms with van der Waals surface area (Å²) in [6.07, 6.45) is 8.04. The van der Waals surface area contributed by atoms with E-state index in [-0.39, 0.29) is 23.4 Å². The second-order valence-corrected chi connectivity index (χ2v) is 8.93. The molecule has 3 aliphatic rings. The maximum atomic E-state index is 13.2. The predicted molar refractivity (Wildman–Crippen MR) is 111 cm³/mol. The van der Waals surface area contributed by atoms with E-state index < -0.39 is 0 Å². The van der Waals surface area contributed by atoms with E-state index in [4.69, 9.17) is 10.5 Å². The molecular weight excluding hydrogens is 350 g/mol. The first-order valence-corrected chi connectivity index (χ1v) is 11.1. The molecule has 1 atom stereocenters. The van der Waals surface area contributed by atoms with Gasteiger partial charge in [-0.15, -0.1) is 0 Å². The van der Waals surface area contributed by atoms with E-state index in [2.05, 4.69) is 40.1 Å². The van der Waals surface area contributed by atoms with Gasteiger partial charge in [-0.25, -0.2) is 0 Å². The van der Waals surface area contributed by atoms with E-state index in [1.807, 2.05) is 0 Å². The largest absolute Gasteiger partial charge is 0.381 e. The highest BCUT2D eigenvalue weighted by molar-refractivity contribution is 5.82. The zero-order chi connectivity index (χ0) is 19.4. The molecule has 1 saturated carbocycles.